The van der Waals surface area contributed by atoms with E-state index in [4.69, 9.17) is 27.8 Å². The third kappa shape index (κ3) is 6.05. The molecule has 0 radical (unpaired) electrons. The summed E-state index contributed by atoms with van der Waals surface area (Å²) in [6.45, 7) is -0.655. The molecular weight excluding hydrogens is 520 g/mol. The number of hydrogen-bond acceptors (Lipinski definition) is 8. The number of hydrogen-bond donors (Lipinski definition) is 3. The number of rotatable bonds is 9. The Morgan fingerprint density at radius 2 is 1.89 bits per heavy atom. The predicted octanol–water partition coefficient (Wildman–Crippen LogP) is 2.83. The maximum absolute atomic E-state index is 14.1. The highest BCUT2D eigenvalue weighted by molar-refractivity contribution is 7.86. The first-order valence-corrected chi connectivity index (χ1v) is 12.1. The number of amides is 1. The number of primary amides is 1. The Kier molecular flexibility index (Phi) is 8.09. The number of aromatic nitrogens is 2. The monoisotopic (exact) mass is 541 g/mol. The number of likely N-dealkylation sites (N-methyl/N-ethyl adjacent to an activating group) is 1. The Balaban J connectivity index is 2.11. The fraction of sp³-hybridized carbons (Fsp3) is 0.227. The Morgan fingerprint density at radius 1 is 1.22 bits per heavy atom. The van der Waals surface area contributed by atoms with Crippen molar-refractivity contribution in [1.82, 2.24) is 14.9 Å². The molecule has 0 aliphatic heterocycles. The summed E-state index contributed by atoms with van der Waals surface area (Å²) in [4.78, 5) is 21.6. The number of ether oxygens (including phenoxy) is 1. The lowest BCUT2D eigenvalue weighted by atomic mass is 9.98. The maximum Gasteiger partial charge on any atom is 0.273 e. The number of halogens is 3. The van der Waals surface area contributed by atoms with Gasteiger partial charge in [0.05, 0.1) is 16.9 Å². The molecule has 14 heteroatoms. The van der Waals surface area contributed by atoms with Crippen molar-refractivity contribution in [3.05, 3.63) is 69.9 Å². The number of nitrogens with two attached hydrogens (primary N) is 2. The molecule has 36 heavy (non-hydrogen) atoms. The summed E-state index contributed by atoms with van der Waals surface area (Å²) >= 11 is 5.83. The fourth-order valence-electron chi connectivity index (χ4n) is 3.36. The summed E-state index contributed by atoms with van der Waals surface area (Å²) < 4.78 is 67.7. The average molecular weight is 542 g/mol. The van der Waals surface area contributed by atoms with E-state index in [2.05, 4.69) is 9.97 Å². The smallest absolute Gasteiger partial charge is 0.273 e. The second-order valence-electron chi connectivity index (χ2n) is 7.99. The van der Waals surface area contributed by atoms with E-state index in [0.29, 0.717) is 0 Å². The predicted molar refractivity (Wildman–Crippen MR) is 129 cm³/mol. The van der Waals surface area contributed by atoms with Crippen LogP contribution in [0.15, 0.2) is 36.5 Å². The Morgan fingerprint density at radius 3 is 2.50 bits per heavy atom. The van der Waals surface area contributed by atoms with Crippen LogP contribution in [0.1, 0.15) is 26.7 Å². The minimum absolute atomic E-state index is 0.00974. The first kappa shape index (κ1) is 27.2. The van der Waals surface area contributed by atoms with Crippen LogP contribution in [0.4, 0.5) is 14.6 Å². The molecule has 192 valence electrons. The lowest BCUT2D eigenvalue weighted by molar-refractivity contribution is 0.1000. The third-order valence-electron chi connectivity index (χ3n) is 5.11. The van der Waals surface area contributed by atoms with Gasteiger partial charge in [-0.05, 0) is 43.9 Å². The van der Waals surface area contributed by atoms with E-state index in [1.165, 1.54) is 24.4 Å². The minimum Gasteiger partial charge on any atom is -0.470 e. The number of carbonyl (C=O) groups is 1. The van der Waals surface area contributed by atoms with Gasteiger partial charge in [0.25, 0.3) is 16.0 Å². The second-order valence-corrected chi connectivity index (χ2v) is 9.97. The molecule has 0 saturated heterocycles. The highest BCUT2D eigenvalue weighted by atomic mass is 35.5. The van der Waals surface area contributed by atoms with Gasteiger partial charge in [0.15, 0.2) is 5.82 Å². The van der Waals surface area contributed by atoms with Crippen LogP contribution in [0.25, 0.3) is 11.3 Å². The molecule has 1 atom stereocenters. The van der Waals surface area contributed by atoms with E-state index >= 15 is 0 Å². The molecule has 1 unspecified atom stereocenters. The number of carbonyl (C=O) groups excluding carboxylic acids is 1. The minimum atomic E-state index is -4.61. The van der Waals surface area contributed by atoms with Crippen molar-refractivity contribution < 1.29 is 31.3 Å². The summed E-state index contributed by atoms with van der Waals surface area (Å²) in [5.41, 5.74) is 11.2. The van der Waals surface area contributed by atoms with Crippen molar-refractivity contribution in [2.75, 3.05) is 26.4 Å². The van der Waals surface area contributed by atoms with Gasteiger partial charge in [0.2, 0.25) is 5.91 Å². The molecule has 2 aromatic carbocycles. The molecule has 0 aliphatic rings. The van der Waals surface area contributed by atoms with Crippen molar-refractivity contribution in [2.24, 2.45) is 5.73 Å². The highest BCUT2D eigenvalue weighted by Gasteiger charge is 2.30. The summed E-state index contributed by atoms with van der Waals surface area (Å²) in [7, 11) is -1.38. The quantitative estimate of drug-likeness (QED) is 0.273. The first-order valence-electron chi connectivity index (χ1n) is 10.2. The highest BCUT2D eigenvalue weighted by Crippen LogP contribution is 2.34. The second kappa shape index (κ2) is 10.7. The van der Waals surface area contributed by atoms with Gasteiger partial charge in [-0.25, -0.2) is 18.7 Å². The van der Waals surface area contributed by atoms with Gasteiger partial charge in [0.1, 0.15) is 23.5 Å². The zero-order valence-corrected chi connectivity index (χ0v) is 20.6. The van der Waals surface area contributed by atoms with Crippen LogP contribution < -0.4 is 16.2 Å². The number of benzene rings is 2. The normalized spacial score (nSPS) is 12.5. The fourth-order valence-corrected chi connectivity index (χ4v) is 4.58. The summed E-state index contributed by atoms with van der Waals surface area (Å²) in [5, 5.41) is -1.90. The lowest BCUT2D eigenvalue weighted by Gasteiger charge is -2.22. The number of nitrogens with zero attached hydrogens (tertiary/aromatic N) is 3. The van der Waals surface area contributed by atoms with Crippen LogP contribution in [0.2, 0.25) is 5.02 Å². The van der Waals surface area contributed by atoms with Gasteiger partial charge in [-0.3, -0.25) is 9.35 Å². The number of nitrogen functional groups attached to an aromatic ring is 1. The van der Waals surface area contributed by atoms with E-state index in [1.54, 1.807) is 19.0 Å². The van der Waals surface area contributed by atoms with Gasteiger partial charge in [0, 0.05) is 23.2 Å². The van der Waals surface area contributed by atoms with Crippen molar-refractivity contribution in [2.45, 2.75) is 11.9 Å². The lowest BCUT2D eigenvalue weighted by Crippen LogP contribution is -2.26. The van der Waals surface area contributed by atoms with Crippen LogP contribution in [0.3, 0.4) is 0 Å². The van der Waals surface area contributed by atoms with E-state index in [0.717, 1.165) is 12.1 Å². The summed E-state index contributed by atoms with van der Waals surface area (Å²) in [6.07, 6.45) is 1.19. The maximum atomic E-state index is 14.1. The molecule has 3 aromatic rings. The first-order chi connectivity index (χ1) is 16.8. The van der Waals surface area contributed by atoms with Crippen molar-refractivity contribution in [1.29, 1.82) is 0 Å². The molecule has 5 N–H and O–H groups in total. The van der Waals surface area contributed by atoms with E-state index in [1.807, 2.05) is 0 Å². The van der Waals surface area contributed by atoms with Gasteiger partial charge in [-0.15, -0.1) is 0 Å². The third-order valence-corrected chi connectivity index (χ3v) is 6.64. The van der Waals surface area contributed by atoms with E-state index in [-0.39, 0.29) is 46.2 Å². The standard InChI is InChI=1S/C22H22ClF2N5O5S/c1-30(2)9-18(36(32,33)34)12-4-3-11(21(27)31)7-13(12)17-8-28-20(26)22(29-17)35-10-14-15(24)5-6-16(25)19(14)23/h3-8,18H,9-10H2,1-2H3,(H2,26,28)(H2,27,31)(H,32,33,34). The van der Waals surface area contributed by atoms with Crippen molar-refractivity contribution >= 4 is 33.4 Å². The molecule has 0 fully saturated rings. The molecule has 10 nitrogen and oxygen atoms in total. The van der Waals surface area contributed by atoms with E-state index < -0.39 is 44.5 Å². The van der Waals surface area contributed by atoms with Crippen LogP contribution >= 0.6 is 11.6 Å². The molecule has 1 amide bonds. The summed E-state index contributed by atoms with van der Waals surface area (Å²) in [6, 6.07) is 5.68. The molecule has 1 aromatic heterocycles. The van der Waals surface area contributed by atoms with Crippen molar-refractivity contribution in [3.8, 4) is 17.1 Å². The SMILES string of the molecule is CN(C)CC(c1ccc(C(N)=O)cc1-c1cnc(N)c(OCc2c(F)ccc(F)c2Cl)n1)S(=O)(=O)O. The molecule has 0 aliphatic carbocycles. The van der Waals surface area contributed by atoms with Crippen LogP contribution in [0.5, 0.6) is 5.88 Å². The van der Waals surface area contributed by atoms with Crippen LogP contribution in [0, 0.1) is 11.6 Å². The number of anilines is 1. The average Bonchev–Trinajstić information content (AvgIpc) is 2.80. The Bertz CT molecular complexity index is 1420. The molecule has 0 bridgehead atoms. The van der Waals surface area contributed by atoms with Crippen LogP contribution in [-0.2, 0) is 16.7 Å². The molecule has 0 saturated carbocycles. The molecular formula is C22H22ClF2N5O5S. The van der Waals surface area contributed by atoms with Gasteiger partial charge in [-0.1, -0.05) is 17.7 Å². The van der Waals surface area contributed by atoms with Gasteiger partial charge in [-0.2, -0.15) is 8.42 Å². The van der Waals surface area contributed by atoms with Gasteiger partial charge >= 0.3 is 0 Å². The largest absolute Gasteiger partial charge is 0.470 e. The summed E-state index contributed by atoms with van der Waals surface area (Å²) in [5.74, 6) is -2.97. The topological polar surface area (TPSA) is 162 Å². The molecule has 1 heterocycles. The zero-order chi connectivity index (χ0) is 26.8. The molecule has 0 spiro atoms. The van der Waals surface area contributed by atoms with Gasteiger partial charge < -0.3 is 21.1 Å². The Labute approximate surface area is 210 Å². The van der Waals surface area contributed by atoms with Crippen molar-refractivity contribution in [3.63, 3.8) is 0 Å². The van der Waals surface area contributed by atoms with E-state index in [9.17, 15) is 26.5 Å². The Hall–Kier alpha value is -3.39. The molecule has 3 rings (SSSR count). The van der Waals surface area contributed by atoms with Crippen LogP contribution in [-0.4, -0.2) is 54.4 Å². The zero-order valence-electron chi connectivity index (χ0n) is 19.1.